The smallest absolute Gasteiger partial charge is 0.308 e. The van der Waals surface area contributed by atoms with Crippen LogP contribution in [0.5, 0.6) is 0 Å². The monoisotopic (exact) mass is 314 g/mol. The summed E-state index contributed by atoms with van der Waals surface area (Å²) in [6.07, 6.45) is 0. The van der Waals surface area contributed by atoms with Gasteiger partial charge in [-0.3, -0.25) is 9.59 Å². The SMILES string of the molecule is CC(CN(C)c1cccc(Br)c1C(N)=O)C(=O)O. The lowest BCUT2D eigenvalue weighted by atomic mass is 10.1. The average molecular weight is 315 g/mol. The largest absolute Gasteiger partial charge is 0.481 e. The summed E-state index contributed by atoms with van der Waals surface area (Å²) >= 11 is 3.27. The van der Waals surface area contributed by atoms with Gasteiger partial charge in [-0.1, -0.05) is 13.0 Å². The van der Waals surface area contributed by atoms with E-state index in [2.05, 4.69) is 15.9 Å². The fraction of sp³-hybridized carbons (Fsp3) is 0.333. The Morgan fingerprint density at radius 2 is 2.11 bits per heavy atom. The molecule has 0 aliphatic rings. The molecule has 0 radical (unpaired) electrons. The molecule has 0 heterocycles. The van der Waals surface area contributed by atoms with E-state index in [1.54, 1.807) is 37.1 Å². The van der Waals surface area contributed by atoms with Gasteiger partial charge in [0.15, 0.2) is 0 Å². The van der Waals surface area contributed by atoms with Gasteiger partial charge in [0.2, 0.25) is 0 Å². The zero-order valence-electron chi connectivity index (χ0n) is 10.2. The molecule has 0 bridgehead atoms. The van der Waals surface area contributed by atoms with Crippen molar-refractivity contribution in [2.75, 3.05) is 18.5 Å². The van der Waals surface area contributed by atoms with Crippen LogP contribution in [-0.2, 0) is 4.79 Å². The summed E-state index contributed by atoms with van der Waals surface area (Å²) < 4.78 is 0.599. The standard InChI is InChI=1S/C12H15BrN2O3/c1-7(12(17)18)6-15(2)9-5-3-4-8(13)10(9)11(14)16/h3-5,7H,6H2,1-2H3,(H2,14,16)(H,17,18). The van der Waals surface area contributed by atoms with Gasteiger partial charge in [0.1, 0.15) is 0 Å². The molecule has 1 unspecified atom stereocenters. The zero-order chi connectivity index (χ0) is 13.9. The normalized spacial score (nSPS) is 11.9. The van der Waals surface area contributed by atoms with E-state index in [1.807, 2.05) is 0 Å². The number of aliphatic carboxylic acids is 1. The predicted octanol–water partition coefficient (Wildman–Crippen LogP) is 1.70. The molecule has 6 heteroatoms. The molecule has 98 valence electrons. The van der Waals surface area contributed by atoms with Crippen molar-refractivity contribution in [2.24, 2.45) is 11.7 Å². The highest BCUT2D eigenvalue weighted by molar-refractivity contribution is 9.10. The number of hydrogen-bond donors (Lipinski definition) is 2. The first-order chi connectivity index (χ1) is 8.34. The van der Waals surface area contributed by atoms with Gasteiger partial charge >= 0.3 is 5.97 Å². The molecule has 5 nitrogen and oxygen atoms in total. The summed E-state index contributed by atoms with van der Waals surface area (Å²) in [6, 6.07) is 5.23. The molecule has 1 rings (SSSR count). The number of amides is 1. The number of nitrogens with zero attached hydrogens (tertiary/aromatic N) is 1. The van der Waals surface area contributed by atoms with Gasteiger partial charge in [-0.2, -0.15) is 0 Å². The number of primary amides is 1. The minimum atomic E-state index is -0.877. The molecule has 1 aromatic carbocycles. The first kappa shape index (κ1) is 14.5. The van der Waals surface area contributed by atoms with Crippen molar-refractivity contribution in [1.29, 1.82) is 0 Å². The lowest BCUT2D eigenvalue weighted by Gasteiger charge is -2.23. The molecular weight excluding hydrogens is 300 g/mol. The highest BCUT2D eigenvalue weighted by Gasteiger charge is 2.19. The van der Waals surface area contributed by atoms with E-state index < -0.39 is 17.8 Å². The van der Waals surface area contributed by atoms with Crippen molar-refractivity contribution in [2.45, 2.75) is 6.92 Å². The third kappa shape index (κ3) is 3.22. The third-order valence-corrected chi connectivity index (χ3v) is 3.28. The first-order valence-electron chi connectivity index (χ1n) is 5.36. The minimum absolute atomic E-state index is 0.298. The van der Waals surface area contributed by atoms with Crippen LogP contribution in [-0.4, -0.2) is 30.6 Å². The molecule has 0 saturated heterocycles. The van der Waals surface area contributed by atoms with Crippen molar-refractivity contribution >= 4 is 33.5 Å². The molecule has 18 heavy (non-hydrogen) atoms. The van der Waals surface area contributed by atoms with E-state index in [0.717, 1.165) is 0 Å². The second-order valence-electron chi connectivity index (χ2n) is 4.12. The van der Waals surface area contributed by atoms with E-state index in [-0.39, 0.29) is 0 Å². The van der Waals surface area contributed by atoms with Crippen molar-refractivity contribution in [3.8, 4) is 0 Å². The Labute approximate surface area is 114 Å². The predicted molar refractivity (Wildman–Crippen MR) is 72.7 cm³/mol. The Kier molecular flexibility index (Phi) is 4.72. The van der Waals surface area contributed by atoms with E-state index in [4.69, 9.17) is 10.8 Å². The highest BCUT2D eigenvalue weighted by Crippen LogP contribution is 2.27. The van der Waals surface area contributed by atoms with Crippen LogP contribution in [0, 0.1) is 5.92 Å². The van der Waals surface area contributed by atoms with Gasteiger partial charge in [0, 0.05) is 18.1 Å². The molecule has 0 aliphatic heterocycles. The number of nitrogens with two attached hydrogens (primary N) is 1. The Hall–Kier alpha value is -1.56. The molecule has 0 spiro atoms. The van der Waals surface area contributed by atoms with Crippen LogP contribution < -0.4 is 10.6 Å². The number of carbonyl (C=O) groups excluding carboxylic acids is 1. The van der Waals surface area contributed by atoms with Gasteiger partial charge in [0.25, 0.3) is 5.91 Å². The van der Waals surface area contributed by atoms with Crippen LogP contribution >= 0.6 is 15.9 Å². The highest BCUT2D eigenvalue weighted by atomic mass is 79.9. The van der Waals surface area contributed by atoms with Crippen molar-refractivity contribution < 1.29 is 14.7 Å². The molecule has 1 amide bonds. The maximum atomic E-state index is 11.4. The Morgan fingerprint density at radius 3 is 2.61 bits per heavy atom. The quantitative estimate of drug-likeness (QED) is 0.866. The zero-order valence-corrected chi connectivity index (χ0v) is 11.8. The molecule has 0 aromatic heterocycles. The molecule has 3 N–H and O–H groups in total. The summed E-state index contributed by atoms with van der Waals surface area (Å²) in [7, 11) is 1.73. The number of rotatable bonds is 5. The summed E-state index contributed by atoms with van der Waals surface area (Å²) in [6.45, 7) is 1.91. The second kappa shape index (κ2) is 5.86. The first-order valence-corrected chi connectivity index (χ1v) is 6.16. The molecule has 1 atom stereocenters. The summed E-state index contributed by atoms with van der Waals surface area (Å²) in [4.78, 5) is 24.0. The summed E-state index contributed by atoms with van der Waals surface area (Å²) in [5, 5.41) is 8.88. The van der Waals surface area contributed by atoms with Crippen molar-refractivity contribution in [3.05, 3.63) is 28.2 Å². The van der Waals surface area contributed by atoms with E-state index in [9.17, 15) is 9.59 Å². The van der Waals surface area contributed by atoms with E-state index >= 15 is 0 Å². The van der Waals surface area contributed by atoms with Crippen LogP contribution in [0.2, 0.25) is 0 Å². The minimum Gasteiger partial charge on any atom is -0.481 e. The lowest BCUT2D eigenvalue weighted by molar-refractivity contribution is -0.140. The van der Waals surface area contributed by atoms with Gasteiger partial charge in [-0.05, 0) is 28.1 Å². The van der Waals surface area contributed by atoms with Crippen LogP contribution in [0.3, 0.4) is 0 Å². The van der Waals surface area contributed by atoms with Gasteiger partial charge in [0.05, 0.1) is 17.2 Å². The van der Waals surface area contributed by atoms with E-state index in [1.165, 1.54) is 0 Å². The molecule has 1 aromatic rings. The van der Waals surface area contributed by atoms with Gasteiger partial charge in [-0.15, -0.1) is 0 Å². The number of carboxylic acids is 1. The van der Waals surface area contributed by atoms with Gasteiger partial charge in [-0.25, -0.2) is 0 Å². The maximum absolute atomic E-state index is 11.4. The summed E-state index contributed by atoms with van der Waals surface area (Å²) in [5.74, 6) is -1.96. The molecule has 0 saturated carbocycles. The van der Waals surface area contributed by atoms with Crippen molar-refractivity contribution in [3.63, 3.8) is 0 Å². The Balaban J connectivity index is 3.06. The van der Waals surface area contributed by atoms with Crippen LogP contribution in [0.4, 0.5) is 5.69 Å². The third-order valence-electron chi connectivity index (χ3n) is 2.62. The lowest BCUT2D eigenvalue weighted by Crippen LogP contribution is -2.30. The summed E-state index contributed by atoms with van der Waals surface area (Å²) in [5.41, 5.74) is 6.31. The number of carboxylic acid groups (broad SMARTS) is 1. The molecule has 0 fully saturated rings. The second-order valence-corrected chi connectivity index (χ2v) is 4.97. The fourth-order valence-corrected chi connectivity index (χ4v) is 2.21. The number of anilines is 1. The van der Waals surface area contributed by atoms with Gasteiger partial charge < -0.3 is 15.7 Å². The van der Waals surface area contributed by atoms with E-state index in [0.29, 0.717) is 22.3 Å². The Morgan fingerprint density at radius 1 is 1.50 bits per heavy atom. The molecule has 0 aliphatic carbocycles. The molecular formula is C12H15BrN2O3. The van der Waals surface area contributed by atoms with Crippen LogP contribution in [0.1, 0.15) is 17.3 Å². The fourth-order valence-electron chi connectivity index (χ4n) is 1.66. The number of carbonyl (C=O) groups is 2. The van der Waals surface area contributed by atoms with Crippen LogP contribution in [0.15, 0.2) is 22.7 Å². The topological polar surface area (TPSA) is 83.6 Å². The Bertz CT molecular complexity index is 476. The number of halogens is 1. The average Bonchev–Trinajstić information content (AvgIpc) is 2.27. The number of benzene rings is 1. The van der Waals surface area contributed by atoms with Crippen molar-refractivity contribution in [1.82, 2.24) is 0 Å². The number of hydrogen-bond acceptors (Lipinski definition) is 3. The van der Waals surface area contributed by atoms with Crippen LogP contribution in [0.25, 0.3) is 0 Å². The maximum Gasteiger partial charge on any atom is 0.308 e.